The zero-order valence-electron chi connectivity index (χ0n) is 13.8. The molecule has 5 nitrogen and oxygen atoms in total. The van der Waals surface area contributed by atoms with Crippen LogP contribution < -0.4 is 15.8 Å². The van der Waals surface area contributed by atoms with Gasteiger partial charge in [0.05, 0.1) is 5.69 Å². The fourth-order valence-electron chi connectivity index (χ4n) is 2.32. The molecule has 0 aliphatic carbocycles. The number of hydrogen-bond donors (Lipinski definition) is 2. The van der Waals surface area contributed by atoms with Gasteiger partial charge in [0, 0.05) is 17.9 Å². The number of ether oxygens (including phenoxy) is 1. The predicted octanol–water partition coefficient (Wildman–Crippen LogP) is 4.35. The predicted molar refractivity (Wildman–Crippen MR) is 99.3 cm³/mol. The lowest BCUT2D eigenvalue weighted by atomic mass is 10.0. The Kier molecular flexibility index (Phi) is 7.29. The van der Waals surface area contributed by atoms with Gasteiger partial charge in [-0.15, -0.1) is 11.6 Å². The number of nitrogens with one attached hydrogen (secondary N) is 1. The molecule has 2 aromatic rings. The van der Waals surface area contributed by atoms with Crippen LogP contribution in [-0.4, -0.2) is 17.7 Å². The van der Waals surface area contributed by atoms with E-state index in [0.29, 0.717) is 35.9 Å². The minimum Gasteiger partial charge on any atom is -0.487 e. The molecule has 0 spiro atoms. The molecule has 0 aliphatic rings. The molecule has 0 atom stereocenters. The number of halogens is 1. The smallest absolute Gasteiger partial charge is 0.316 e. The molecule has 0 aromatic heterocycles. The Morgan fingerprint density at radius 3 is 2.52 bits per heavy atom. The van der Waals surface area contributed by atoms with Crippen LogP contribution in [0, 0.1) is 0 Å². The number of Topliss-reactive ketones (excluding diaryl/α,β-unsaturated/α-hetero) is 1. The number of amides is 2. The number of urea groups is 1. The number of unbranched alkanes of at least 4 members (excludes halogenated alkanes) is 1. The highest BCUT2D eigenvalue weighted by molar-refractivity contribution is 6.17. The quantitative estimate of drug-likeness (QED) is 0.396. The van der Waals surface area contributed by atoms with Gasteiger partial charge in [-0.25, -0.2) is 4.79 Å². The highest BCUT2D eigenvalue weighted by Crippen LogP contribution is 2.27. The summed E-state index contributed by atoms with van der Waals surface area (Å²) in [5, 5.41) is 2.51. The minimum atomic E-state index is -0.712. The lowest BCUT2D eigenvalue weighted by Crippen LogP contribution is -2.20. The summed E-state index contributed by atoms with van der Waals surface area (Å²) in [7, 11) is 0. The van der Waals surface area contributed by atoms with E-state index in [-0.39, 0.29) is 5.78 Å². The minimum absolute atomic E-state index is 0.00718. The molecule has 0 unspecified atom stereocenters. The number of ketones is 1. The SMILES string of the molecule is NC(=O)Nc1cc(C(=O)CCCCCl)ccc1OCc1ccccc1. The van der Waals surface area contributed by atoms with Crippen molar-refractivity contribution in [1.29, 1.82) is 0 Å². The highest BCUT2D eigenvalue weighted by Gasteiger charge is 2.12. The van der Waals surface area contributed by atoms with Gasteiger partial charge in [0.15, 0.2) is 5.78 Å². The fraction of sp³-hybridized carbons (Fsp3) is 0.263. The van der Waals surface area contributed by atoms with E-state index in [1.807, 2.05) is 30.3 Å². The second kappa shape index (κ2) is 9.69. The number of anilines is 1. The Bertz CT molecular complexity index is 720. The lowest BCUT2D eigenvalue weighted by Gasteiger charge is -2.13. The number of hydrogen-bond acceptors (Lipinski definition) is 3. The van der Waals surface area contributed by atoms with Crippen LogP contribution in [-0.2, 0) is 6.61 Å². The summed E-state index contributed by atoms with van der Waals surface area (Å²) in [5.74, 6) is 0.987. The number of carbonyl (C=O) groups is 2. The first-order chi connectivity index (χ1) is 12.1. The highest BCUT2D eigenvalue weighted by atomic mass is 35.5. The summed E-state index contributed by atoms with van der Waals surface area (Å²) < 4.78 is 5.76. The van der Waals surface area contributed by atoms with Crippen LogP contribution in [0.5, 0.6) is 5.75 Å². The Balaban J connectivity index is 2.12. The van der Waals surface area contributed by atoms with Gasteiger partial charge in [-0.1, -0.05) is 30.3 Å². The van der Waals surface area contributed by atoms with Gasteiger partial charge in [0.1, 0.15) is 12.4 Å². The topological polar surface area (TPSA) is 81.4 Å². The monoisotopic (exact) mass is 360 g/mol. The normalized spacial score (nSPS) is 10.3. The van der Waals surface area contributed by atoms with Crippen molar-refractivity contribution in [2.45, 2.75) is 25.9 Å². The molecule has 2 rings (SSSR count). The fourth-order valence-corrected chi connectivity index (χ4v) is 2.51. The first-order valence-corrected chi connectivity index (χ1v) is 8.60. The van der Waals surface area contributed by atoms with Gasteiger partial charge >= 0.3 is 6.03 Å². The van der Waals surface area contributed by atoms with Crippen molar-refractivity contribution in [3.05, 3.63) is 59.7 Å². The maximum atomic E-state index is 12.2. The largest absolute Gasteiger partial charge is 0.487 e. The molecule has 0 aliphatic heterocycles. The number of nitrogens with two attached hydrogens (primary N) is 1. The van der Waals surface area contributed by atoms with E-state index in [1.54, 1.807) is 18.2 Å². The molecule has 2 amide bonds. The van der Waals surface area contributed by atoms with Crippen LogP contribution in [0.4, 0.5) is 10.5 Å². The van der Waals surface area contributed by atoms with Gasteiger partial charge in [-0.2, -0.15) is 0 Å². The van der Waals surface area contributed by atoms with Crippen LogP contribution in [0.1, 0.15) is 35.2 Å². The van der Waals surface area contributed by atoms with E-state index in [1.165, 1.54) is 0 Å². The van der Waals surface area contributed by atoms with Crippen molar-refractivity contribution in [3.8, 4) is 5.75 Å². The summed E-state index contributed by atoms with van der Waals surface area (Å²) in [5.41, 5.74) is 7.10. The van der Waals surface area contributed by atoms with Crippen LogP contribution in [0.2, 0.25) is 0 Å². The average Bonchev–Trinajstić information content (AvgIpc) is 2.61. The molecule has 3 N–H and O–H groups in total. The molecule has 0 heterocycles. The van der Waals surface area contributed by atoms with E-state index in [0.717, 1.165) is 18.4 Å². The lowest BCUT2D eigenvalue weighted by molar-refractivity contribution is 0.0980. The van der Waals surface area contributed by atoms with Gasteiger partial charge in [-0.3, -0.25) is 4.79 Å². The van der Waals surface area contributed by atoms with Crippen molar-refractivity contribution < 1.29 is 14.3 Å². The van der Waals surface area contributed by atoms with Crippen LogP contribution in [0.3, 0.4) is 0 Å². The second-order valence-electron chi connectivity index (χ2n) is 5.54. The summed E-state index contributed by atoms with van der Waals surface area (Å²) in [4.78, 5) is 23.5. The molecule has 0 radical (unpaired) electrons. The summed E-state index contributed by atoms with van der Waals surface area (Å²) >= 11 is 5.63. The zero-order valence-corrected chi connectivity index (χ0v) is 14.6. The first kappa shape index (κ1) is 18.8. The van der Waals surface area contributed by atoms with Gasteiger partial charge in [0.25, 0.3) is 0 Å². The third-order valence-electron chi connectivity index (χ3n) is 3.58. The zero-order chi connectivity index (χ0) is 18.1. The molecular weight excluding hydrogens is 340 g/mol. The van der Waals surface area contributed by atoms with E-state index >= 15 is 0 Å². The summed E-state index contributed by atoms with van der Waals surface area (Å²) in [6.45, 7) is 0.345. The van der Waals surface area contributed by atoms with Crippen LogP contribution >= 0.6 is 11.6 Å². The second-order valence-corrected chi connectivity index (χ2v) is 5.92. The molecular formula is C19H21ClN2O3. The summed E-state index contributed by atoms with van der Waals surface area (Å²) in [6, 6.07) is 13.9. The van der Waals surface area contributed by atoms with Gasteiger partial charge in [0.2, 0.25) is 0 Å². The third-order valence-corrected chi connectivity index (χ3v) is 3.85. The number of benzene rings is 2. The van der Waals surface area contributed by atoms with Crippen LogP contribution in [0.25, 0.3) is 0 Å². The Labute approximate surface area is 152 Å². The number of rotatable bonds is 9. The third kappa shape index (κ3) is 6.12. The van der Waals surface area contributed by atoms with Gasteiger partial charge in [-0.05, 0) is 36.6 Å². The van der Waals surface area contributed by atoms with Crippen molar-refractivity contribution in [2.24, 2.45) is 5.73 Å². The van der Waals surface area contributed by atoms with Crippen molar-refractivity contribution >= 4 is 29.1 Å². The summed E-state index contributed by atoms with van der Waals surface area (Å²) in [6.07, 6.45) is 1.93. The molecule has 25 heavy (non-hydrogen) atoms. The Morgan fingerprint density at radius 2 is 1.84 bits per heavy atom. The molecule has 0 saturated carbocycles. The van der Waals surface area contributed by atoms with E-state index in [4.69, 9.17) is 22.1 Å². The van der Waals surface area contributed by atoms with E-state index in [2.05, 4.69) is 5.32 Å². The molecule has 2 aromatic carbocycles. The molecule has 0 bridgehead atoms. The first-order valence-electron chi connectivity index (χ1n) is 8.06. The molecule has 6 heteroatoms. The standard InChI is InChI=1S/C19H21ClN2O3/c20-11-5-4-8-17(23)15-9-10-18(16(12-15)22-19(21)24)25-13-14-6-2-1-3-7-14/h1-3,6-7,9-10,12H,4-5,8,11,13H2,(H3,21,22,24). The van der Waals surface area contributed by atoms with Gasteiger partial charge < -0.3 is 15.8 Å². The molecule has 0 fully saturated rings. The number of alkyl halides is 1. The maximum Gasteiger partial charge on any atom is 0.316 e. The molecule has 0 saturated heterocycles. The Hall–Kier alpha value is -2.53. The Morgan fingerprint density at radius 1 is 1.08 bits per heavy atom. The number of primary amides is 1. The average molecular weight is 361 g/mol. The maximum absolute atomic E-state index is 12.2. The van der Waals surface area contributed by atoms with Crippen LogP contribution in [0.15, 0.2) is 48.5 Å². The molecule has 132 valence electrons. The van der Waals surface area contributed by atoms with E-state index in [9.17, 15) is 9.59 Å². The van der Waals surface area contributed by atoms with E-state index < -0.39 is 6.03 Å². The van der Waals surface area contributed by atoms with Crippen molar-refractivity contribution in [2.75, 3.05) is 11.2 Å². The van der Waals surface area contributed by atoms with Crippen molar-refractivity contribution in [3.63, 3.8) is 0 Å². The van der Waals surface area contributed by atoms with Crippen molar-refractivity contribution in [1.82, 2.24) is 0 Å². The number of carbonyl (C=O) groups excluding carboxylic acids is 2.